The summed E-state index contributed by atoms with van der Waals surface area (Å²) in [7, 11) is 0. The molecule has 0 atom stereocenters. The molecular weight excluding hydrogens is 484 g/mol. The molecule has 0 bridgehead atoms. The minimum absolute atomic E-state index is 1.08. The van der Waals surface area contributed by atoms with Crippen LogP contribution in [0.25, 0.3) is 77.9 Å². The van der Waals surface area contributed by atoms with Crippen LogP contribution in [0.1, 0.15) is 11.1 Å². The number of fused-ring (bicyclic) bond motifs is 7. The summed E-state index contributed by atoms with van der Waals surface area (Å²) in [6, 6.07) is 43.8. The van der Waals surface area contributed by atoms with Crippen molar-refractivity contribution in [2.24, 2.45) is 0 Å². The Morgan fingerprint density at radius 3 is 1.60 bits per heavy atom. The third-order valence-electron chi connectivity index (χ3n) is 8.26. The van der Waals surface area contributed by atoms with E-state index in [9.17, 15) is 0 Å². The van der Waals surface area contributed by atoms with Crippen LogP contribution in [0.3, 0.4) is 0 Å². The molecule has 6 aromatic carbocycles. The lowest BCUT2D eigenvalue weighted by molar-refractivity contribution is 1.17. The first-order chi connectivity index (χ1) is 19.8. The maximum Gasteiger partial charge on any atom is 0.0549 e. The van der Waals surface area contributed by atoms with Crippen LogP contribution in [0.2, 0.25) is 0 Å². The van der Waals surface area contributed by atoms with E-state index < -0.39 is 0 Å². The van der Waals surface area contributed by atoms with Crippen molar-refractivity contribution in [3.05, 3.63) is 146 Å². The van der Waals surface area contributed by atoms with Crippen molar-refractivity contribution < 1.29 is 0 Å². The van der Waals surface area contributed by atoms with Gasteiger partial charge in [0, 0.05) is 32.5 Å². The van der Waals surface area contributed by atoms with Crippen molar-refractivity contribution in [1.29, 1.82) is 0 Å². The summed E-state index contributed by atoms with van der Waals surface area (Å²) in [4.78, 5) is 0. The molecule has 0 radical (unpaired) electrons. The summed E-state index contributed by atoms with van der Waals surface area (Å²) in [5.74, 6) is 0. The van der Waals surface area contributed by atoms with Gasteiger partial charge in [-0.15, -0.1) is 0 Å². The third-order valence-corrected chi connectivity index (χ3v) is 8.26. The molecule has 188 valence electrons. The average Bonchev–Trinajstić information content (AvgIpc) is 3.51. The molecule has 0 N–H and O–H groups in total. The maximum atomic E-state index is 4.16. The lowest BCUT2D eigenvalue weighted by Crippen LogP contribution is -1.98. The first-order valence-electron chi connectivity index (χ1n) is 13.6. The zero-order chi connectivity index (χ0) is 26.8. The second kappa shape index (κ2) is 8.59. The smallest absolute Gasteiger partial charge is 0.0549 e. The highest BCUT2D eigenvalue weighted by Gasteiger charge is 2.20. The highest BCUT2D eigenvalue weighted by Crippen LogP contribution is 2.41. The fourth-order valence-corrected chi connectivity index (χ4v) is 6.52. The highest BCUT2D eigenvalue weighted by molar-refractivity contribution is 6.19. The van der Waals surface area contributed by atoms with Gasteiger partial charge in [0.2, 0.25) is 0 Å². The molecule has 0 saturated heterocycles. The number of aromatic nitrogens is 2. The monoisotopic (exact) mass is 510 g/mol. The van der Waals surface area contributed by atoms with Gasteiger partial charge in [0.05, 0.1) is 33.4 Å². The normalized spacial score (nSPS) is 11.7. The molecule has 8 rings (SSSR count). The fraction of sp³-hybridized carbons (Fsp3) is 0. The summed E-state index contributed by atoms with van der Waals surface area (Å²) >= 11 is 0. The van der Waals surface area contributed by atoms with Gasteiger partial charge in [-0.1, -0.05) is 110 Å². The van der Waals surface area contributed by atoms with E-state index >= 15 is 0 Å². The van der Waals surface area contributed by atoms with E-state index in [1.807, 2.05) is 12.2 Å². The first kappa shape index (κ1) is 22.6. The summed E-state index contributed by atoms with van der Waals surface area (Å²) in [6.07, 6.45) is 3.85. The molecule has 0 amide bonds. The number of rotatable bonds is 4. The van der Waals surface area contributed by atoms with Gasteiger partial charge in [-0.3, -0.25) is 0 Å². The standard InChI is InChI=1S/C38H26N2/c1-3-25-14-11-21-33(27(25)4-2)39-35-19-9-7-17-29(35)31-24-38-32(23-37(31)39)30-18-8-10-20-36(30)40(38)34-22-12-15-26-13-5-6-16-28(26)34/h3-24H,1-2H2. The van der Waals surface area contributed by atoms with E-state index in [2.05, 4.69) is 144 Å². The van der Waals surface area contributed by atoms with Gasteiger partial charge in [-0.05, 0) is 47.3 Å². The molecule has 0 saturated carbocycles. The van der Waals surface area contributed by atoms with Gasteiger partial charge >= 0.3 is 0 Å². The van der Waals surface area contributed by atoms with E-state index in [4.69, 9.17) is 0 Å². The largest absolute Gasteiger partial charge is 0.309 e. The Labute approximate surface area is 232 Å². The van der Waals surface area contributed by atoms with E-state index in [1.165, 1.54) is 60.1 Å². The SMILES string of the molecule is C=Cc1cccc(-n2c3ccccc3c3cc4c(cc32)c2ccccc2n4-c2cccc3ccccc23)c1C=C. The number of hydrogen-bond acceptors (Lipinski definition) is 0. The average molecular weight is 511 g/mol. The Hall–Kier alpha value is -5.34. The number of hydrogen-bond donors (Lipinski definition) is 0. The molecule has 2 heteroatoms. The number of para-hydroxylation sites is 2. The van der Waals surface area contributed by atoms with Crippen LogP contribution in [-0.4, -0.2) is 9.13 Å². The quantitative estimate of drug-likeness (QED) is 0.223. The van der Waals surface area contributed by atoms with E-state index in [-0.39, 0.29) is 0 Å². The lowest BCUT2D eigenvalue weighted by Gasteiger charge is -2.14. The molecule has 2 heterocycles. The van der Waals surface area contributed by atoms with Crippen LogP contribution >= 0.6 is 0 Å². The molecule has 0 aliphatic heterocycles. The van der Waals surface area contributed by atoms with Gasteiger partial charge in [-0.2, -0.15) is 0 Å². The van der Waals surface area contributed by atoms with Gasteiger partial charge in [-0.25, -0.2) is 0 Å². The molecule has 40 heavy (non-hydrogen) atoms. The molecule has 0 unspecified atom stereocenters. The minimum atomic E-state index is 1.08. The van der Waals surface area contributed by atoms with Crippen LogP contribution in [0.15, 0.2) is 134 Å². The number of benzene rings is 6. The fourth-order valence-electron chi connectivity index (χ4n) is 6.52. The summed E-state index contributed by atoms with van der Waals surface area (Å²) in [5.41, 5.74) is 9.23. The molecule has 0 aliphatic carbocycles. The second-order valence-electron chi connectivity index (χ2n) is 10.3. The van der Waals surface area contributed by atoms with Crippen LogP contribution in [0.5, 0.6) is 0 Å². The Morgan fingerprint density at radius 2 is 0.950 bits per heavy atom. The van der Waals surface area contributed by atoms with Gasteiger partial charge in [0.25, 0.3) is 0 Å². The zero-order valence-electron chi connectivity index (χ0n) is 22.0. The summed E-state index contributed by atoms with van der Waals surface area (Å²) < 4.78 is 4.82. The molecule has 8 aromatic rings. The van der Waals surface area contributed by atoms with Crippen molar-refractivity contribution in [3.8, 4) is 11.4 Å². The van der Waals surface area contributed by atoms with Gasteiger partial charge < -0.3 is 9.13 Å². The van der Waals surface area contributed by atoms with Crippen LogP contribution in [-0.2, 0) is 0 Å². The first-order valence-corrected chi connectivity index (χ1v) is 13.6. The van der Waals surface area contributed by atoms with Gasteiger partial charge in [0.1, 0.15) is 0 Å². The molecule has 0 spiro atoms. The molecule has 2 aromatic heterocycles. The third kappa shape index (κ3) is 3.05. The van der Waals surface area contributed by atoms with Crippen LogP contribution in [0.4, 0.5) is 0 Å². The summed E-state index contributed by atoms with van der Waals surface area (Å²) in [6.45, 7) is 8.21. The predicted molar refractivity (Wildman–Crippen MR) is 173 cm³/mol. The van der Waals surface area contributed by atoms with E-state index in [0.29, 0.717) is 0 Å². The lowest BCUT2D eigenvalue weighted by atomic mass is 10.0. The molecule has 0 fully saturated rings. The predicted octanol–water partition coefficient (Wildman–Crippen LogP) is 10.3. The Morgan fingerprint density at radius 1 is 0.425 bits per heavy atom. The second-order valence-corrected chi connectivity index (χ2v) is 10.3. The van der Waals surface area contributed by atoms with Crippen molar-refractivity contribution in [2.45, 2.75) is 0 Å². The van der Waals surface area contributed by atoms with Crippen molar-refractivity contribution in [1.82, 2.24) is 9.13 Å². The van der Waals surface area contributed by atoms with Crippen LogP contribution in [0, 0.1) is 0 Å². The Balaban J connectivity index is 1.57. The highest BCUT2D eigenvalue weighted by atomic mass is 15.0. The Kier molecular flexibility index (Phi) is 4.86. The van der Waals surface area contributed by atoms with Crippen molar-refractivity contribution in [3.63, 3.8) is 0 Å². The maximum absolute atomic E-state index is 4.16. The number of nitrogens with zero attached hydrogens (tertiary/aromatic N) is 2. The van der Waals surface area contributed by atoms with Crippen LogP contribution < -0.4 is 0 Å². The van der Waals surface area contributed by atoms with Gasteiger partial charge in [0.15, 0.2) is 0 Å². The van der Waals surface area contributed by atoms with Crippen molar-refractivity contribution in [2.75, 3.05) is 0 Å². The summed E-state index contributed by atoms with van der Waals surface area (Å²) in [5, 5.41) is 7.42. The molecule has 2 nitrogen and oxygen atoms in total. The zero-order valence-corrected chi connectivity index (χ0v) is 22.0. The topological polar surface area (TPSA) is 9.86 Å². The minimum Gasteiger partial charge on any atom is -0.309 e. The molecular formula is C38H26N2. The molecule has 0 aliphatic rings. The van der Waals surface area contributed by atoms with E-state index in [1.54, 1.807) is 0 Å². The Bertz CT molecular complexity index is 2300. The van der Waals surface area contributed by atoms with Crippen molar-refractivity contribution >= 4 is 66.5 Å². The van der Waals surface area contributed by atoms with E-state index in [0.717, 1.165) is 16.8 Å².